The molecule has 5 nitrogen and oxygen atoms in total. The quantitative estimate of drug-likeness (QED) is 0.885. The lowest BCUT2D eigenvalue weighted by Crippen LogP contribution is -2.52. The molecule has 0 radical (unpaired) electrons. The van der Waals surface area contributed by atoms with Gasteiger partial charge in [-0.05, 0) is 55.6 Å². The molecule has 1 aromatic carbocycles. The van der Waals surface area contributed by atoms with Crippen LogP contribution in [0.25, 0.3) is 0 Å². The van der Waals surface area contributed by atoms with E-state index in [4.69, 9.17) is 0 Å². The van der Waals surface area contributed by atoms with Gasteiger partial charge < -0.3 is 10.0 Å². The number of carbonyl (C=O) groups excluding carboxylic acids is 1. The van der Waals surface area contributed by atoms with E-state index >= 15 is 0 Å². The number of piperidine rings is 2. The van der Waals surface area contributed by atoms with E-state index in [0.717, 1.165) is 44.5 Å². The highest BCUT2D eigenvalue weighted by atomic mass is 19.1. The van der Waals surface area contributed by atoms with Gasteiger partial charge in [-0.3, -0.25) is 14.7 Å². The van der Waals surface area contributed by atoms with Crippen molar-refractivity contribution in [2.45, 2.75) is 37.3 Å². The lowest BCUT2D eigenvalue weighted by atomic mass is 9.86. The number of benzene rings is 1. The summed E-state index contributed by atoms with van der Waals surface area (Å²) in [5, 5.41) is 10.7. The molecule has 1 aromatic heterocycles. The average molecular weight is 383 g/mol. The fraction of sp³-hybridized carbons (Fsp3) is 0.455. The molecule has 2 saturated heterocycles. The summed E-state index contributed by atoms with van der Waals surface area (Å²) in [6.45, 7) is 3.00. The van der Waals surface area contributed by atoms with Gasteiger partial charge in [0.15, 0.2) is 0 Å². The van der Waals surface area contributed by atoms with Gasteiger partial charge in [0, 0.05) is 44.0 Å². The molecule has 1 N–H and O–H groups in total. The molecular formula is C22H26FN3O2. The number of nitrogens with zero attached hydrogens (tertiary/aromatic N) is 3. The summed E-state index contributed by atoms with van der Waals surface area (Å²) in [6, 6.07) is 10.5. The molecule has 2 aliphatic rings. The second-order valence-electron chi connectivity index (χ2n) is 7.77. The van der Waals surface area contributed by atoms with Gasteiger partial charge in [-0.1, -0.05) is 12.1 Å². The molecule has 0 spiro atoms. The van der Waals surface area contributed by atoms with Gasteiger partial charge >= 0.3 is 0 Å². The summed E-state index contributed by atoms with van der Waals surface area (Å²) in [4.78, 5) is 20.8. The fourth-order valence-electron chi connectivity index (χ4n) is 4.49. The van der Waals surface area contributed by atoms with E-state index in [1.54, 1.807) is 36.7 Å². The van der Waals surface area contributed by atoms with E-state index in [2.05, 4.69) is 9.88 Å². The predicted octanol–water partition coefficient (Wildman–Crippen LogP) is 2.68. The molecule has 1 amide bonds. The van der Waals surface area contributed by atoms with Crippen molar-refractivity contribution < 1.29 is 14.3 Å². The molecule has 148 valence electrons. The van der Waals surface area contributed by atoms with Crippen molar-refractivity contribution in [2.75, 3.05) is 26.2 Å². The van der Waals surface area contributed by atoms with Gasteiger partial charge in [0.1, 0.15) is 5.82 Å². The van der Waals surface area contributed by atoms with Crippen LogP contribution in [-0.4, -0.2) is 64.1 Å². The molecule has 0 aliphatic carbocycles. The number of β-amino-alcohol motifs (C(OH)–C–C–N with tert-alkyl or cyclic N) is 1. The van der Waals surface area contributed by atoms with Crippen LogP contribution < -0.4 is 0 Å². The molecule has 2 aliphatic heterocycles. The van der Waals surface area contributed by atoms with E-state index in [1.807, 2.05) is 4.90 Å². The van der Waals surface area contributed by atoms with Crippen LogP contribution in [0.2, 0.25) is 0 Å². The second kappa shape index (κ2) is 8.37. The zero-order chi connectivity index (χ0) is 19.5. The highest BCUT2D eigenvalue weighted by Gasteiger charge is 2.34. The largest absolute Gasteiger partial charge is 0.391 e. The fourth-order valence-corrected chi connectivity index (χ4v) is 4.49. The van der Waals surface area contributed by atoms with Gasteiger partial charge in [-0.25, -0.2) is 4.39 Å². The van der Waals surface area contributed by atoms with Crippen molar-refractivity contribution in [3.8, 4) is 0 Å². The molecule has 2 fully saturated rings. The summed E-state index contributed by atoms with van der Waals surface area (Å²) in [5.74, 6) is -0.144. The molecule has 6 heteroatoms. The van der Waals surface area contributed by atoms with Crippen LogP contribution in [0.15, 0.2) is 48.8 Å². The third kappa shape index (κ3) is 4.08. The summed E-state index contributed by atoms with van der Waals surface area (Å²) in [7, 11) is 0. The van der Waals surface area contributed by atoms with Crippen LogP contribution in [0.5, 0.6) is 0 Å². The Labute approximate surface area is 164 Å². The molecular weight excluding hydrogens is 357 g/mol. The topological polar surface area (TPSA) is 56.7 Å². The number of likely N-dealkylation sites (tertiary alicyclic amines) is 2. The lowest BCUT2D eigenvalue weighted by molar-refractivity contribution is 0.0120. The molecule has 0 unspecified atom stereocenters. The number of hydrogen-bond acceptors (Lipinski definition) is 4. The Morgan fingerprint density at radius 3 is 2.46 bits per heavy atom. The van der Waals surface area contributed by atoms with Crippen molar-refractivity contribution >= 4 is 5.91 Å². The van der Waals surface area contributed by atoms with Crippen LogP contribution in [0.4, 0.5) is 4.39 Å². The molecule has 0 saturated carbocycles. The maximum Gasteiger partial charge on any atom is 0.255 e. The zero-order valence-corrected chi connectivity index (χ0v) is 15.9. The Kier molecular flexibility index (Phi) is 5.69. The zero-order valence-electron chi connectivity index (χ0n) is 15.9. The van der Waals surface area contributed by atoms with Crippen molar-refractivity contribution in [3.63, 3.8) is 0 Å². The minimum Gasteiger partial charge on any atom is -0.391 e. The highest BCUT2D eigenvalue weighted by Crippen LogP contribution is 2.31. The summed E-state index contributed by atoms with van der Waals surface area (Å²) >= 11 is 0. The third-order valence-corrected chi connectivity index (χ3v) is 6.09. The average Bonchev–Trinajstić information content (AvgIpc) is 2.75. The number of aromatic nitrogens is 1. The lowest BCUT2D eigenvalue weighted by Gasteiger charge is -2.43. The second-order valence-corrected chi connectivity index (χ2v) is 7.77. The SMILES string of the molecule is O=C(c1cccnc1)N1CCC(N2CC[C@@H](c3ccc(F)cc3)[C@H](O)C2)CC1. The molecule has 0 bridgehead atoms. The molecule has 4 rings (SSSR count). The number of amides is 1. The van der Waals surface area contributed by atoms with Gasteiger partial charge in [0.25, 0.3) is 5.91 Å². The molecule has 3 heterocycles. The molecule has 2 atom stereocenters. The van der Waals surface area contributed by atoms with E-state index in [-0.39, 0.29) is 17.6 Å². The van der Waals surface area contributed by atoms with Crippen LogP contribution in [-0.2, 0) is 0 Å². The van der Waals surface area contributed by atoms with Crippen LogP contribution in [0.1, 0.15) is 41.1 Å². The molecule has 28 heavy (non-hydrogen) atoms. The number of aliphatic hydroxyl groups is 1. The van der Waals surface area contributed by atoms with Crippen molar-refractivity contribution in [2.24, 2.45) is 0 Å². The maximum absolute atomic E-state index is 13.2. The number of hydrogen-bond donors (Lipinski definition) is 1. The summed E-state index contributed by atoms with van der Waals surface area (Å²) in [5.41, 5.74) is 1.64. The first-order chi connectivity index (χ1) is 13.6. The van der Waals surface area contributed by atoms with Gasteiger partial charge in [-0.2, -0.15) is 0 Å². The maximum atomic E-state index is 13.2. The smallest absolute Gasteiger partial charge is 0.255 e. The Hall–Kier alpha value is -2.31. The van der Waals surface area contributed by atoms with E-state index in [1.165, 1.54) is 12.1 Å². The van der Waals surface area contributed by atoms with Gasteiger partial charge in [0.05, 0.1) is 11.7 Å². The standard InChI is InChI=1S/C22H26FN3O2/c23-18-5-3-16(4-6-18)20-9-13-26(15-21(20)27)19-7-11-25(12-8-19)22(28)17-2-1-10-24-14-17/h1-6,10,14,19-21,27H,7-9,11-13,15H2/t20-,21+/m0/s1. The third-order valence-electron chi connectivity index (χ3n) is 6.09. The highest BCUT2D eigenvalue weighted by molar-refractivity contribution is 5.93. The Morgan fingerprint density at radius 1 is 1.07 bits per heavy atom. The summed E-state index contributed by atoms with van der Waals surface area (Å²) in [6.07, 6.45) is 5.53. The minimum absolute atomic E-state index is 0.0432. The van der Waals surface area contributed by atoms with Crippen molar-refractivity contribution in [3.05, 3.63) is 65.7 Å². The predicted molar refractivity (Wildman–Crippen MR) is 105 cm³/mol. The number of rotatable bonds is 3. The first-order valence-corrected chi connectivity index (χ1v) is 9.98. The molecule has 2 aromatic rings. The van der Waals surface area contributed by atoms with Crippen molar-refractivity contribution in [1.29, 1.82) is 0 Å². The van der Waals surface area contributed by atoms with Crippen LogP contribution in [0.3, 0.4) is 0 Å². The van der Waals surface area contributed by atoms with Crippen LogP contribution >= 0.6 is 0 Å². The van der Waals surface area contributed by atoms with Crippen LogP contribution in [0, 0.1) is 5.82 Å². The monoisotopic (exact) mass is 383 g/mol. The number of pyridine rings is 1. The minimum atomic E-state index is -0.450. The first kappa shape index (κ1) is 19.0. The number of halogens is 1. The van der Waals surface area contributed by atoms with Gasteiger partial charge in [-0.15, -0.1) is 0 Å². The first-order valence-electron chi connectivity index (χ1n) is 9.98. The normalized spacial score (nSPS) is 24.3. The van der Waals surface area contributed by atoms with Gasteiger partial charge in [0.2, 0.25) is 0 Å². The Morgan fingerprint density at radius 2 is 1.82 bits per heavy atom. The Balaban J connectivity index is 1.31. The summed E-state index contributed by atoms with van der Waals surface area (Å²) < 4.78 is 13.2. The van der Waals surface area contributed by atoms with Crippen molar-refractivity contribution in [1.82, 2.24) is 14.8 Å². The van der Waals surface area contributed by atoms with E-state index < -0.39 is 6.10 Å². The van der Waals surface area contributed by atoms with E-state index in [0.29, 0.717) is 18.2 Å². The number of carbonyl (C=O) groups is 1. The Bertz CT molecular complexity index is 791. The number of aliphatic hydroxyl groups excluding tert-OH is 1. The van der Waals surface area contributed by atoms with E-state index in [9.17, 15) is 14.3 Å².